The lowest BCUT2D eigenvalue weighted by molar-refractivity contribution is -0.161. The van der Waals surface area contributed by atoms with Gasteiger partial charge in [0.05, 0.1) is 18.9 Å². The SMILES string of the molecule is CCC(C)OC(=O)CCC(=O)OC(C)(C)CCC(C)(C)C(C)(C)CC. The Labute approximate surface area is 155 Å². The Hall–Kier alpha value is -1.06. The van der Waals surface area contributed by atoms with Crippen LogP contribution < -0.4 is 0 Å². The summed E-state index contributed by atoms with van der Waals surface area (Å²) < 4.78 is 10.8. The van der Waals surface area contributed by atoms with Crippen molar-refractivity contribution in [3.8, 4) is 0 Å². The highest BCUT2D eigenvalue weighted by atomic mass is 16.6. The molecule has 0 rings (SSSR count). The van der Waals surface area contributed by atoms with E-state index in [1.807, 2.05) is 27.7 Å². The smallest absolute Gasteiger partial charge is 0.306 e. The number of rotatable bonds is 11. The van der Waals surface area contributed by atoms with Crippen LogP contribution in [0, 0.1) is 10.8 Å². The quantitative estimate of drug-likeness (QED) is 0.447. The summed E-state index contributed by atoms with van der Waals surface area (Å²) in [6, 6.07) is 0. The third-order valence-electron chi connectivity index (χ3n) is 5.90. The van der Waals surface area contributed by atoms with Gasteiger partial charge in [-0.05, 0) is 50.9 Å². The van der Waals surface area contributed by atoms with Crippen LogP contribution in [0.5, 0.6) is 0 Å². The number of esters is 2. The maximum absolute atomic E-state index is 12.1. The Kier molecular flexibility index (Phi) is 9.18. The van der Waals surface area contributed by atoms with Crippen molar-refractivity contribution >= 4 is 11.9 Å². The second-order valence-corrected chi connectivity index (χ2v) is 9.06. The zero-order chi connectivity index (χ0) is 19.9. The molecule has 0 N–H and O–H groups in total. The van der Waals surface area contributed by atoms with Crippen molar-refractivity contribution in [2.24, 2.45) is 10.8 Å². The molecule has 0 radical (unpaired) electrons. The number of carbonyl (C=O) groups is 2. The van der Waals surface area contributed by atoms with Crippen molar-refractivity contribution in [3.63, 3.8) is 0 Å². The second kappa shape index (κ2) is 9.59. The standard InChI is InChI=1S/C21H40O4/c1-10-16(3)24-17(22)12-13-18(23)25-21(8,9)15-14-20(6,7)19(4,5)11-2/h16H,10-15H2,1-9H3. The van der Waals surface area contributed by atoms with Crippen LogP contribution in [0.2, 0.25) is 0 Å². The molecule has 1 unspecified atom stereocenters. The van der Waals surface area contributed by atoms with Gasteiger partial charge in [0, 0.05) is 0 Å². The third-order valence-corrected chi connectivity index (χ3v) is 5.90. The van der Waals surface area contributed by atoms with Crippen molar-refractivity contribution < 1.29 is 19.1 Å². The maximum atomic E-state index is 12.1. The largest absolute Gasteiger partial charge is 0.463 e. The molecule has 0 saturated carbocycles. The van der Waals surface area contributed by atoms with Crippen molar-refractivity contribution in [3.05, 3.63) is 0 Å². The maximum Gasteiger partial charge on any atom is 0.306 e. The van der Waals surface area contributed by atoms with Crippen molar-refractivity contribution in [1.29, 1.82) is 0 Å². The fourth-order valence-corrected chi connectivity index (χ4v) is 2.41. The molecule has 0 aromatic carbocycles. The minimum Gasteiger partial charge on any atom is -0.463 e. The van der Waals surface area contributed by atoms with Gasteiger partial charge in [-0.25, -0.2) is 0 Å². The summed E-state index contributed by atoms with van der Waals surface area (Å²) >= 11 is 0. The van der Waals surface area contributed by atoms with Gasteiger partial charge < -0.3 is 9.47 Å². The van der Waals surface area contributed by atoms with Crippen LogP contribution in [0.1, 0.15) is 101 Å². The molecule has 4 heteroatoms. The minimum atomic E-state index is -0.529. The molecule has 25 heavy (non-hydrogen) atoms. The van der Waals surface area contributed by atoms with Crippen LogP contribution in [0.25, 0.3) is 0 Å². The first-order valence-corrected chi connectivity index (χ1v) is 9.67. The second-order valence-electron chi connectivity index (χ2n) is 9.06. The topological polar surface area (TPSA) is 52.6 Å². The summed E-state index contributed by atoms with van der Waals surface area (Å²) in [6.45, 7) is 19.0. The molecule has 0 spiro atoms. The Balaban J connectivity index is 4.43. The van der Waals surface area contributed by atoms with Crippen LogP contribution in [0.15, 0.2) is 0 Å². The molecule has 0 aromatic heterocycles. The van der Waals surface area contributed by atoms with Crippen LogP contribution >= 0.6 is 0 Å². The molecule has 0 amide bonds. The van der Waals surface area contributed by atoms with Gasteiger partial charge in [0.2, 0.25) is 0 Å². The van der Waals surface area contributed by atoms with Crippen LogP contribution in [-0.2, 0) is 19.1 Å². The van der Waals surface area contributed by atoms with E-state index in [0.717, 1.165) is 25.7 Å². The summed E-state index contributed by atoms with van der Waals surface area (Å²) in [5.41, 5.74) is -0.142. The van der Waals surface area contributed by atoms with Gasteiger partial charge in [0.1, 0.15) is 5.60 Å². The lowest BCUT2D eigenvalue weighted by atomic mass is 9.63. The fraction of sp³-hybridized carbons (Fsp3) is 0.905. The molecule has 0 fully saturated rings. The van der Waals surface area contributed by atoms with Crippen molar-refractivity contribution in [2.45, 2.75) is 113 Å². The molecule has 1 atom stereocenters. The summed E-state index contributed by atoms with van der Waals surface area (Å²) in [5.74, 6) is -0.673. The third kappa shape index (κ3) is 8.73. The highest BCUT2D eigenvalue weighted by molar-refractivity contribution is 5.77. The predicted molar refractivity (Wildman–Crippen MR) is 102 cm³/mol. The van der Waals surface area contributed by atoms with Gasteiger partial charge >= 0.3 is 11.9 Å². The fourth-order valence-electron chi connectivity index (χ4n) is 2.41. The first-order valence-electron chi connectivity index (χ1n) is 9.67. The molecule has 0 saturated heterocycles. The minimum absolute atomic E-state index is 0.0720. The normalized spacial score (nSPS) is 14.1. The molecule has 0 aliphatic heterocycles. The average molecular weight is 357 g/mol. The van der Waals surface area contributed by atoms with Crippen molar-refractivity contribution in [2.75, 3.05) is 0 Å². The molecular formula is C21H40O4. The van der Waals surface area contributed by atoms with E-state index in [1.54, 1.807) is 0 Å². The van der Waals surface area contributed by atoms with Crippen molar-refractivity contribution in [1.82, 2.24) is 0 Å². The van der Waals surface area contributed by atoms with Gasteiger partial charge in [-0.3, -0.25) is 9.59 Å². The molecule has 0 heterocycles. The average Bonchev–Trinajstić information content (AvgIpc) is 2.50. The zero-order valence-corrected chi connectivity index (χ0v) is 18.0. The van der Waals surface area contributed by atoms with E-state index in [-0.39, 0.29) is 41.7 Å². The number of ether oxygens (including phenoxy) is 2. The van der Waals surface area contributed by atoms with E-state index in [9.17, 15) is 9.59 Å². The summed E-state index contributed by atoms with van der Waals surface area (Å²) in [4.78, 5) is 23.7. The summed E-state index contributed by atoms with van der Waals surface area (Å²) in [7, 11) is 0. The van der Waals surface area contributed by atoms with E-state index in [0.29, 0.717) is 0 Å². The van der Waals surface area contributed by atoms with E-state index in [2.05, 4.69) is 34.6 Å². The molecular weight excluding hydrogens is 316 g/mol. The lowest BCUT2D eigenvalue weighted by Crippen LogP contribution is -2.36. The summed E-state index contributed by atoms with van der Waals surface area (Å²) in [5, 5.41) is 0. The molecule has 0 aliphatic rings. The Bertz CT molecular complexity index is 435. The van der Waals surface area contributed by atoms with Crippen LogP contribution in [-0.4, -0.2) is 23.6 Å². The first-order chi connectivity index (χ1) is 11.3. The van der Waals surface area contributed by atoms with Gasteiger partial charge in [0.15, 0.2) is 0 Å². The molecule has 0 bridgehead atoms. The zero-order valence-electron chi connectivity index (χ0n) is 18.0. The monoisotopic (exact) mass is 356 g/mol. The van der Waals surface area contributed by atoms with Gasteiger partial charge in [-0.2, -0.15) is 0 Å². The lowest BCUT2D eigenvalue weighted by Gasteiger charge is -2.43. The molecule has 0 aromatic rings. The summed E-state index contributed by atoms with van der Waals surface area (Å²) in [6.07, 6.45) is 3.70. The predicted octanol–water partition coefficient (Wildman–Crippen LogP) is 5.67. The first kappa shape index (κ1) is 23.9. The number of hydrogen-bond donors (Lipinski definition) is 0. The van der Waals surface area contributed by atoms with Gasteiger partial charge in [-0.15, -0.1) is 0 Å². The van der Waals surface area contributed by atoms with Crippen LogP contribution in [0.4, 0.5) is 0 Å². The molecule has 4 nitrogen and oxygen atoms in total. The van der Waals surface area contributed by atoms with E-state index < -0.39 is 5.60 Å². The Morgan fingerprint density at radius 3 is 1.84 bits per heavy atom. The highest BCUT2D eigenvalue weighted by Crippen LogP contribution is 2.45. The van der Waals surface area contributed by atoms with E-state index >= 15 is 0 Å². The van der Waals surface area contributed by atoms with Gasteiger partial charge in [0.25, 0.3) is 0 Å². The molecule has 0 aliphatic carbocycles. The highest BCUT2D eigenvalue weighted by Gasteiger charge is 2.37. The number of hydrogen-bond acceptors (Lipinski definition) is 4. The van der Waals surface area contributed by atoms with Gasteiger partial charge in [-0.1, -0.05) is 48.0 Å². The Morgan fingerprint density at radius 2 is 1.36 bits per heavy atom. The number of carbonyl (C=O) groups excluding carboxylic acids is 2. The Morgan fingerprint density at radius 1 is 0.840 bits per heavy atom. The van der Waals surface area contributed by atoms with Crippen LogP contribution in [0.3, 0.4) is 0 Å². The molecule has 148 valence electrons. The van der Waals surface area contributed by atoms with E-state index in [1.165, 1.54) is 0 Å². The van der Waals surface area contributed by atoms with E-state index in [4.69, 9.17) is 9.47 Å².